The highest BCUT2D eigenvalue weighted by Crippen LogP contribution is 2.46. The molecule has 0 amide bonds. The fourth-order valence-electron chi connectivity index (χ4n) is 8.19. The minimum absolute atomic E-state index is 0.855. The summed E-state index contributed by atoms with van der Waals surface area (Å²) >= 11 is 0. The van der Waals surface area contributed by atoms with Crippen LogP contribution < -0.4 is 4.90 Å². The Morgan fingerprint density at radius 1 is 0.309 bits per heavy atom. The summed E-state index contributed by atoms with van der Waals surface area (Å²) in [6.07, 6.45) is 0. The van der Waals surface area contributed by atoms with Crippen LogP contribution in [-0.4, -0.2) is 0 Å². The molecule has 11 rings (SSSR count). The zero-order valence-corrected chi connectivity index (χ0v) is 29.8. The average molecular weight is 704 g/mol. The van der Waals surface area contributed by atoms with Crippen LogP contribution in [0.15, 0.2) is 209 Å². The van der Waals surface area contributed by atoms with Crippen molar-refractivity contribution in [3.05, 3.63) is 200 Å². The standard InChI is InChI=1S/C52H33NO2/c1-3-12-34(13-4-1)39-30-40(35-14-5-2-6-15-35)32-42(31-39)53(47-19-11-21-50-51(47)45-28-24-37-16-7-8-17-43(37)52(45)55-50)41-26-22-36(23-27-41)38-25-29-49-46(33-38)44-18-9-10-20-48(44)54-49/h1-33H. The van der Waals surface area contributed by atoms with Gasteiger partial charge in [-0.2, -0.15) is 0 Å². The van der Waals surface area contributed by atoms with Crippen LogP contribution in [0.5, 0.6) is 0 Å². The molecular formula is C52H33NO2. The Kier molecular flexibility index (Phi) is 7.17. The topological polar surface area (TPSA) is 29.5 Å². The highest BCUT2D eigenvalue weighted by molar-refractivity contribution is 6.19. The zero-order valence-electron chi connectivity index (χ0n) is 29.8. The maximum atomic E-state index is 6.72. The van der Waals surface area contributed by atoms with Gasteiger partial charge >= 0.3 is 0 Å². The van der Waals surface area contributed by atoms with Crippen LogP contribution in [0, 0.1) is 0 Å². The first-order valence-corrected chi connectivity index (χ1v) is 18.7. The maximum absolute atomic E-state index is 6.72. The van der Waals surface area contributed by atoms with Gasteiger partial charge in [0, 0.05) is 32.9 Å². The number of fused-ring (bicyclic) bond motifs is 8. The summed E-state index contributed by atoms with van der Waals surface area (Å²) in [4.78, 5) is 2.39. The number of para-hydroxylation sites is 1. The van der Waals surface area contributed by atoms with Crippen molar-refractivity contribution in [3.8, 4) is 33.4 Å². The van der Waals surface area contributed by atoms with E-state index in [2.05, 4.69) is 193 Å². The predicted octanol–water partition coefficient (Wildman–Crippen LogP) is 15.1. The predicted molar refractivity (Wildman–Crippen MR) is 229 cm³/mol. The molecule has 0 radical (unpaired) electrons. The van der Waals surface area contributed by atoms with E-state index in [1.54, 1.807) is 0 Å². The van der Waals surface area contributed by atoms with E-state index < -0.39 is 0 Å². The van der Waals surface area contributed by atoms with Gasteiger partial charge in [-0.15, -0.1) is 0 Å². The Morgan fingerprint density at radius 2 is 0.927 bits per heavy atom. The molecule has 9 aromatic carbocycles. The molecule has 0 spiro atoms. The molecule has 0 fully saturated rings. The van der Waals surface area contributed by atoms with Crippen molar-refractivity contribution in [2.24, 2.45) is 0 Å². The maximum Gasteiger partial charge on any atom is 0.143 e. The lowest BCUT2D eigenvalue weighted by molar-refractivity contribution is 0.669. The van der Waals surface area contributed by atoms with Crippen molar-refractivity contribution < 1.29 is 8.83 Å². The van der Waals surface area contributed by atoms with E-state index in [1.165, 1.54) is 0 Å². The molecule has 0 unspecified atom stereocenters. The molecule has 2 aromatic heterocycles. The number of hydrogen-bond donors (Lipinski definition) is 0. The molecule has 0 saturated heterocycles. The number of anilines is 3. The monoisotopic (exact) mass is 703 g/mol. The summed E-state index contributed by atoms with van der Waals surface area (Å²) in [5.41, 5.74) is 13.6. The zero-order chi connectivity index (χ0) is 36.3. The number of rotatable bonds is 6. The minimum atomic E-state index is 0.855. The number of furan rings is 2. The van der Waals surface area contributed by atoms with Gasteiger partial charge in [-0.25, -0.2) is 0 Å². The number of hydrogen-bond acceptors (Lipinski definition) is 3. The quantitative estimate of drug-likeness (QED) is 0.173. The molecule has 2 heterocycles. The van der Waals surface area contributed by atoms with Crippen LogP contribution in [0.25, 0.3) is 88.0 Å². The smallest absolute Gasteiger partial charge is 0.143 e. The van der Waals surface area contributed by atoms with E-state index in [4.69, 9.17) is 8.83 Å². The van der Waals surface area contributed by atoms with Crippen LogP contribution in [-0.2, 0) is 0 Å². The van der Waals surface area contributed by atoms with Gasteiger partial charge in [-0.1, -0.05) is 133 Å². The molecule has 0 atom stereocenters. The van der Waals surface area contributed by atoms with E-state index in [0.717, 1.165) is 105 Å². The Bertz CT molecular complexity index is 3140. The van der Waals surface area contributed by atoms with Crippen LogP contribution >= 0.6 is 0 Å². The van der Waals surface area contributed by atoms with Crippen molar-refractivity contribution >= 4 is 71.7 Å². The Balaban J connectivity index is 1.14. The molecule has 3 heteroatoms. The highest BCUT2D eigenvalue weighted by atomic mass is 16.3. The van der Waals surface area contributed by atoms with Gasteiger partial charge in [0.05, 0.1) is 11.1 Å². The third-order valence-electron chi connectivity index (χ3n) is 10.8. The summed E-state index contributed by atoms with van der Waals surface area (Å²) in [5, 5.41) is 6.69. The second kappa shape index (κ2) is 12.6. The van der Waals surface area contributed by atoms with E-state index in [0.29, 0.717) is 0 Å². The van der Waals surface area contributed by atoms with Crippen molar-refractivity contribution in [2.45, 2.75) is 0 Å². The van der Waals surface area contributed by atoms with Crippen molar-refractivity contribution in [3.63, 3.8) is 0 Å². The Labute approximate surface area is 317 Å². The van der Waals surface area contributed by atoms with Gasteiger partial charge < -0.3 is 13.7 Å². The molecule has 0 aliphatic rings. The van der Waals surface area contributed by atoms with Crippen molar-refractivity contribution in [2.75, 3.05) is 4.90 Å². The van der Waals surface area contributed by atoms with Gasteiger partial charge in [0.25, 0.3) is 0 Å². The molecule has 3 nitrogen and oxygen atoms in total. The van der Waals surface area contributed by atoms with Crippen LogP contribution in [0.1, 0.15) is 0 Å². The average Bonchev–Trinajstić information content (AvgIpc) is 3.84. The van der Waals surface area contributed by atoms with Gasteiger partial charge in [-0.3, -0.25) is 0 Å². The highest BCUT2D eigenvalue weighted by Gasteiger charge is 2.22. The molecule has 11 aromatic rings. The second-order valence-corrected chi connectivity index (χ2v) is 14.1. The first kappa shape index (κ1) is 31.2. The largest absolute Gasteiger partial charge is 0.456 e. The lowest BCUT2D eigenvalue weighted by Gasteiger charge is -2.28. The minimum Gasteiger partial charge on any atom is -0.456 e. The Hall–Kier alpha value is -7.36. The third-order valence-corrected chi connectivity index (χ3v) is 10.8. The summed E-state index contributed by atoms with van der Waals surface area (Å²) in [5.74, 6) is 0. The molecule has 0 aliphatic carbocycles. The van der Waals surface area contributed by atoms with E-state index in [-0.39, 0.29) is 0 Å². The number of nitrogens with zero attached hydrogens (tertiary/aromatic N) is 1. The fourth-order valence-corrected chi connectivity index (χ4v) is 8.19. The first-order valence-electron chi connectivity index (χ1n) is 18.7. The van der Waals surface area contributed by atoms with Crippen LogP contribution in [0.3, 0.4) is 0 Å². The van der Waals surface area contributed by atoms with E-state index in [9.17, 15) is 0 Å². The fraction of sp³-hybridized carbons (Fsp3) is 0. The summed E-state index contributed by atoms with van der Waals surface area (Å²) in [6, 6.07) is 71.1. The van der Waals surface area contributed by atoms with Crippen molar-refractivity contribution in [1.82, 2.24) is 0 Å². The molecule has 0 saturated carbocycles. The van der Waals surface area contributed by atoms with Crippen molar-refractivity contribution in [1.29, 1.82) is 0 Å². The van der Waals surface area contributed by atoms with Crippen LogP contribution in [0.2, 0.25) is 0 Å². The first-order chi connectivity index (χ1) is 27.2. The van der Waals surface area contributed by atoms with E-state index >= 15 is 0 Å². The van der Waals surface area contributed by atoms with Gasteiger partial charge in [0.1, 0.15) is 22.3 Å². The molecule has 0 N–H and O–H groups in total. The SMILES string of the molecule is c1ccc(-c2cc(-c3ccccc3)cc(N(c3ccc(-c4ccc5oc6ccccc6c5c4)cc3)c3cccc4oc5c6ccccc6ccc5c34)c2)cc1. The lowest BCUT2D eigenvalue weighted by Crippen LogP contribution is -2.10. The molecule has 0 aliphatic heterocycles. The molecular weight excluding hydrogens is 671 g/mol. The van der Waals surface area contributed by atoms with Gasteiger partial charge in [0.15, 0.2) is 0 Å². The van der Waals surface area contributed by atoms with E-state index in [1.807, 2.05) is 12.1 Å². The summed E-state index contributed by atoms with van der Waals surface area (Å²) in [6.45, 7) is 0. The van der Waals surface area contributed by atoms with Gasteiger partial charge in [-0.05, 0) is 105 Å². The summed E-state index contributed by atoms with van der Waals surface area (Å²) < 4.78 is 12.9. The number of benzene rings is 9. The molecule has 55 heavy (non-hydrogen) atoms. The lowest BCUT2D eigenvalue weighted by atomic mass is 9.96. The summed E-state index contributed by atoms with van der Waals surface area (Å²) in [7, 11) is 0. The van der Waals surface area contributed by atoms with Crippen LogP contribution in [0.4, 0.5) is 17.1 Å². The second-order valence-electron chi connectivity index (χ2n) is 14.1. The Morgan fingerprint density at radius 3 is 1.69 bits per heavy atom. The normalized spacial score (nSPS) is 11.6. The molecule has 0 bridgehead atoms. The molecule has 258 valence electrons. The third kappa shape index (κ3) is 5.28. The van der Waals surface area contributed by atoms with Gasteiger partial charge in [0.2, 0.25) is 0 Å².